The molecule has 1 aromatic carbocycles. The van der Waals surface area contributed by atoms with E-state index in [2.05, 4.69) is 0 Å². The number of nitrogens with one attached hydrogen (secondary N) is 1. The van der Waals surface area contributed by atoms with E-state index in [9.17, 15) is 4.79 Å². The summed E-state index contributed by atoms with van der Waals surface area (Å²) in [6.07, 6.45) is 1.54. The molecule has 2 rings (SSSR count). The summed E-state index contributed by atoms with van der Waals surface area (Å²) in [5, 5.41) is 16.5. The van der Waals surface area contributed by atoms with Crippen LogP contribution in [0.4, 0.5) is 5.69 Å². The molecule has 5 nitrogen and oxygen atoms in total. The number of nitrogens with zero attached hydrogens (tertiary/aromatic N) is 1. The minimum Gasteiger partial charge on any atom is -0.480 e. The van der Waals surface area contributed by atoms with Gasteiger partial charge in [-0.2, -0.15) is 0 Å². The van der Waals surface area contributed by atoms with Crippen LogP contribution in [0, 0.1) is 5.41 Å². The number of nitrogen functional groups attached to an aromatic ring is 1. The first kappa shape index (κ1) is 14.3. The number of hydrogen-bond donors (Lipinski definition) is 3. The zero-order valence-corrected chi connectivity index (χ0v) is 10.6. The van der Waals surface area contributed by atoms with Crippen molar-refractivity contribution in [3.8, 4) is 0 Å². The number of carboxylic acid groups (broad SMARTS) is 1. The van der Waals surface area contributed by atoms with Crippen LogP contribution in [0.15, 0.2) is 24.3 Å². The van der Waals surface area contributed by atoms with Gasteiger partial charge in [0, 0.05) is 17.8 Å². The first-order valence-electron chi connectivity index (χ1n) is 5.53. The predicted molar refractivity (Wildman–Crippen MR) is 72.7 cm³/mol. The topological polar surface area (TPSA) is 90.4 Å². The molecule has 0 radical (unpaired) electrons. The monoisotopic (exact) mass is 269 g/mol. The smallest absolute Gasteiger partial charge is 0.326 e. The standard InChI is InChI=1S/C12H15N3O2.ClH/c13-11(14)8-3-1-4-9(7-8)15-6-2-5-10(15)12(16)17;/h1,3-4,7,10H,2,5-6H2,(H3,13,14)(H,16,17);1H/t10-;/m0./s1. The molecule has 6 heteroatoms. The fourth-order valence-electron chi connectivity index (χ4n) is 2.18. The maximum Gasteiger partial charge on any atom is 0.326 e. The van der Waals surface area contributed by atoms with Crippen molar-refractivity contribution in [2.45, 2.75) is 18.9 Å². The van der Waals surface area contributed by atoms with E-state index in [1.54, 1.807) is 18.2 Å². The summed E-state index contributed by atoms with van der Waals surface area (Å²) >= 11 is 0. The normalized spacial score (nSPS) is 18.2. The number of nitrogens with two attached hydrogens (primary N) is 1. The fourth-order valence-corrected chi connectivity index (χ4v) is 2.18. The van der Waals surface area contributed by atoms with E-state index < -0.39 is 12.0 Å². The number of amidine groups is 1. The highest BCUT2D eigenvalue weighted by Gasteiger charge is 2.30. The fraction of sp³-hybridized carbons (Fsp3) is 0.333. The molecule has 0 aromatic heterocycles. The van der Waals surface area contributed by atoms with E-state index in [-0.39, 0.29) is 18.2 Å². The molecule has 1 atom stereocenters. The van der Waals surface area contributed by atoms with Gasteiger partial charge in [0.25, 0.3) is 0 Å². The minimum absolute atomic E-state index is 0. The molecule has 1 heterocycles. The number of carbonyl (C=O) groups is 1. The van der Waals surface area contributed by atoms with E-state index in [4.69, 9.17) is 16.2 Å². The Morgan fingerprint density at radius 3 is 2.83 bits per heavy atom. The average molecular weight is 270 g/mol. The lowest BCUT2D eigenvalue weighted by molar-refractivity contribution is -0.138. The van der Waals surface area contributed by atoms with Crippen molar-refractivity contribution in [2.24, 2.45) is 5.73 Å². The van der Waals surface area contributed by atoms with Crippen LogP contribution in [0.2, 0.25) is 0 Å². The summed E-state index contributed by atoms with van der Waals surface area (Å²) in [5.41, 5.74) is 6.87. The van der Waals surface area contributed by atoms with Gasteiger partial charge in [-0.1, -0.05) is 12.1 Å². The molecule has 1 saturated heterocycles. The van der Waals surface area contributed by atoms with Crippen LogP contribution >= 0.6 is 12.4 Å². The summed E-state index contributed by atoms with van der Waals surface area (Å²) in [4.78, 5) is 13.0. The van der Waals surface area contributed by atoms with Gasteiger partial charge in [0.1, 0.15) is 11.9 Å². The lowest BCUT2D eigenvalue weighted by Crippen LogP contribution is -2.36. The van der Waals surface area contributed by atoms with Crippen molar-refractivity contribution in [3.05, 3.63) is 29.8 Å². The zero-order chi connectivity index (χ0) is 12.4. The van der Waals surface area contributed by atoms with E-state index in [1.807, 2.05) is 11.0 Å². The lowest BCUT2D eigenvalue weighted by Gasteiger charge is -2.24. The Hall–Kier alpha value is -1.75. The summed E-state index contributed by atoms with van der Waals surface area (Å²) < 4.78 is 0. The average Bonchev–Trinajstić information content (AvgIpc) is 2.78. The van der Waals surface area contributed by atoms with Gasteiger partial charge in [-0.3, -0.25) is 5.41 Å². The number of rotatable bonds is 3. The number of carboxylic acids is 1. The molecule has 0 amide bonds. The summed E-state index contributed by atoms with van der Waals surface area (Å²) in [7, 11) is 0. The molecule has 4 N–H and O–H groups in total. The van der Waals surface area contributed by atoms with Crippen molar-refractivity contribution >= 4 is 29.9 Å². The van der Waals surface area contributed by atoms with Gasteiger partial charge in [0.15, 0.2) is 0 Å². The third-order valence-corrected chi connectivity index (χ3v) is 3.03. The maximum absolute atomic E-state index is 11.1. The lowest BCUT2D eigenvalue weighted by atomic mass is 10.1. The molecule has 1 fully saturated rings. The number of halogens is 1. The van der Waals surface area contributed by atoms with Crippen LogP contribution in [0.5, 0.6) is 0 Å². The second-order valence-corrected chi connectivity index (χ2v) is 4.15. The number of aliphatic carboxylic acids is 1. The van der Waals surface area contributed by atoms with Crippen LogP contribution in [0.25, 0.3) is 0 Å². The van der Waals surface area contributed by atoms with Crippen molar-refractivity contribution in [3.63, 3.8) is 0 Å². The van der Waals surface area contributed by atoms with Crippen LogP contribution in [0.1, 0.15) is 18.4 Å². The van der Waals surface area contributed by atoms with Gasteiger partial charge in [-0.15, -0.1) is 12.4 Å². The maximum atomic E-state index is 11.1. The molecule has 18 heavy (non-hydrogen) atoms. The SMILES string of the molecule is Cl.N=C(N)c1cccc(N2CCC[C@H]2C(=O)O)c1. The Bertz CT molecular complexity index is 464. The van der Waals surface area contributed by atoms with Crippen LogP contribution in [0.3, 0.4) is 0 Å². The quantitative estimate of drug-likeness (QED) is 0.572. The number of hydrogen-bond acceptors (Lipinski definition) is 3. The van der Waals surface area contributed by atoms with Gasteiger partial charge >= 0.3 is 5.97 Å². The Kier molecular flexibility index (Phi) is 4.55. The molecular formula is C12H16ClN3O2. The van der Waals surface area contributed by atoms with Crippen LogP contribution in [-0.2, 0) is 4.79 Å². The van der Waals surface area contributed by atoms with Gasteiger partial charge < -0.3 is 15.7 Å². The predicted octanol–water partition coefficient (Wildman–Crippen LogP) is 1.45. The summed E-state index contributed by atoms with van der Waals surface area (Å²) in [6.45, 7) is 0.734. The van der Waals surface area contributed by atoms with Crippen LogP contribution in [-0.4, -0.2) is 29.5 Å². The largest absolute Gasteiger partial charge is 0.480 e. The van der Waals surface area contributed by atoms with E-state index >= 15 is 0 Å². The van der Waals surface area contributed by atoms with E-state index in [1.165, 1.54) is 0 Å². The van der Waals surface area contributed by atoms with E-state index in [0.29, 0.717) is 12.0 Å². The summed E-state index contributed by atoms with van der Waals surface area (Å²) in [5.74, 6) is -0.798. The van der Waals surface area contributed by atoms with E-state index in [0.717, 1.165) is 18.7 Å². The third-order valence-electron chi connectivity index (χ3n) is 3.03. The van der Waals surface area contributed by atoms with Gasteiger partial charge in [-0.05, 0) is 25.0 Å². The first-order valence-corrected chi connectivity index (χ1v) is 5.53. The molecule has 1 aromatic rings. The van der Waals surface area contributed by atoms with Crippen molar-refractivity contribution in [2.75, 3.05) is 11.4 Å². The first-order chi connectivity index (χ1) is 8.09. The highest BCUT2D eigenvalue weighted by atomic mass is 35.5. The van der Waals surface area contributed by atoms with Gasteiger partial charge in [0.05, 0.1) is 0 Å². The second-order valence-electron chi connectivity index (χ2n) is 4.15. The second kappa shape index (κ2) is 5.73. The van der Waals surface area contributed by atoms with Crippen molar-refractivity contribution in [1.82, 2.24) is 0 Å². The molecule has 0 bridgehead atoms. The van der Waals surface area contributed by atoms with Crippen molar-refractivity contribution in [1.29, 1.82) is 5.41 Å². The Morgan fingerprint density at radius 1 is 1.50 bits per heavy atom. The Balaban J connectivity index is 0.00000162. The Morgan fingerprint density at radius 2 is 2.22 bits per heavy atom. The number of benzene rings is 1. The van der Waals surface area contributed by atoms with Gasteiger partial charge in [0.2, 0.25) is 0 Å². The molecule has 0 unspecified atom stereocenters. The third kappa shape index (κ3) is 2.73. The molecule has 0 spiro atoms. The molecule has 1 aliphatic heterocycles. The minimum atomic E-state index is -0.796. The Labute approximate surface area is 112 Å². The van der Waals surface area contributed by atoms with Crippen LogP contribution < -0.4 is 10.6 Å². The highest BCUT2D eigenvalue weighted by molar-refractivity contribution is 5.96. The molecule has 0 aliphatic carbocycles. The zero-order valence-electron chi connectivity index (χ0n) is 9.80. The molecule has 98 valence electrons. The van der Waals surface area contributed by atoms with Gasteiger partial charge in [-0.25, -0.2) is 4.79 Å². The molecule has 1 aliphatic rings. The van der Waals surface area contributed by atoms with Crippen molar-refractivity contribution < 1.29 is 9.90 Å². The molecule has 0 saturated carbocycles. The number of anilines is 1. The highest BCUT2D eigenvalue weighted by Crippen LogP contribution is 2.26. The summed E-state index contributed by atoms with van der Waals surface area (Å²) in [6, 6.07) is 6.70. The molecular weight excluding hydrogens is 254 g/mol.